The maximum Gasteiger partial charge on any atom is 0.191 e. The standard InChI is InChI=1S/C16H35N3OS/c1-13(9-10-15(2,3)4)19-14(17-8)18-11-12-21(20)16(5,6)7/h13H,9-12H2,1-8H3,(H2,17,18,19). The van der Waals surface area contributed by atoms with Crippen LogP contribution in [-0.4, -0.2) is 40.3 Å². The summed E-state index contributed by atoms with van der Waals surface area (Å²) < 4.78 is 11.8. The highest BCUT2D eigenvalue weighted by Gasteiger charge is 2.19. The molecular formula is C16H35N3OS. The Morgan fingerprint density at radius 1 is 1.19 bits per heavy atom. The molecule has 0 saturated heterocycles. The third-order valence-corrected chi connectivity index (χ3v) is 5.14. The molecule has 0 fully saturated rings. The molecule has 0 aromatic rings. The van der Waals surface area contributed by atoms with Gasteiger partial charge in [0.25, 0.3) is 0 Å². The van der Waals surface area contributed by atoms with E-state index >= 15 is 0 Å². The van der Waals surface area contributed by atoms with Gasteiger partial charge in [-0.25, -0.2) is 0 Å². The minimum absolute atomic E-state index is 0.154. The highest BCUT2D eigenvalue weighted by Crippen LogP contribution is 2.21. The van der Waals surface area contributed by atoms with Gasteiger partial charge in [0.2, 0.25) is 0 Å². The van der Waals surface area contributed by atoms with Gasteiger partial charge in [-0.1, -0.05) is 20.8 Å². The molecule has 0 amide bonds. The normalized spacial score (nSPS) is 16.5. The number of aliphatic imine (C=N–C) groups is 1. The van der Waals surface area contributed by atoms with Crippen molar-refractivity contribution in [1.29, 1.82) is 0 Å². The van der Waals surface area contributed by atoms with Gasteiger partial charge in [-0.05, 0) is 46.0 Å². The molecule has 0 rings (SSSR count). The van der Waals surface area contributed by atoms with Gasteiger partial charge in [0, 0.05) is 40.9 Å². The first-order valence-corrected chi connectivity index (χ1v) is 9.13. The van der Waals surface area contributed by atoms with E-state index in [1.165, 1.54) is 6.42 Å². The lowest BCUT2D eigenvalue weighted by molar-refractivity contribution is 0.346. The maximum atomic E-state index is 12.0. The molecule has 21 heavy (non-hydrogen) atoms. The highest BCUT2D eigenvalue weighted by molar-refractivity contribution is 7.86. The summed E-state index contributed by atoms with van der Waals surface area (Å²) in [5.41, 5.74) is 0.358. The van der Waals surface area contributed by atoms with Gasteiger partial charge in [-0.3, -0.25) is 9.20 Å². The first-order valence-electron chi connectivity index (χ1n) is 7.81. The molecule has 0 aromatic heterocycles. The molecule has 2 unspecified atom stereocenters. The predicted octanol–water partition coefficient (Wildman–Crippen LogP) is 2.91. The van der Waals surface area contributed by atoms with Crippen molar-refractivity contribution in [2.75, 3.05) is 19.3 Å². The van der Waals surface area contributed by atoms with Crippen LogP contribution in [0.3, 0.4) is 0 Å². The first-order chi connectivity index (χ1) is 9.45. The zero-order valence-electron chi connectivity index (χ0n) is 15.2. The summed E-state index contributed by atoms with van der Waals surface area (Å²) >= 11 is 0. The van der Waals surface area contributed by atoms with Crippen LogP contribution in [0.1, 0.15) is 61.3 Å². The molecular weight excluding hydrogens is 282 g/mol. The number of guanidine groups is 1. The summed E-state index contributed by atoms with van der Waals surface area (Å²) in [6, 6.07) is 0.378. The average Bonchev–Trinajstić information content (AvgIpc) is 2.32. The molecule has 0 bridgehead atoms. The molecule has 0 aliphatic rings. The fourth-order valence-corrected chi connectivity index (χ4v) is 2.62. The van der Waals surface area contributed by atoms with E-state index < -0.39 is 10.8 Å². The lowest BCUT2D eigenvalue weighted by Crippen LogP contribution is -2.44. The Balaban J connectivity index is 4.10. The summed E-state index contributed by atoms with van der Waals surface area (Å²) in [5, 5.41) is 6.64. The van der Waals surface area contributed by atoms with Crippen molar-refractivity contribution in [3.05, 3.63) is 0 Å². The Labute approximate surface area is 134 Å². The Hall–Kier alpha value is -0.580. The lowest BCUT2D eigenvalue weighted by Gasteiger charge is -2.23. The van der Waals surface area contributed by atoms with Crippen LogP contribution in [0.5, 0.6) is 0 Å². The van der Waals surface area contributed by atoms with Crippen LogP contribution in [0.2, 0.25) is 0 Å². The van der Waals surface area contributed by atoms with Crippen molar-refractivity contribution in [3.63, 3.8) is 0 Å². The van der Waals surface area contributed by atoms with Crippen molar-refractivity contribution in [2.45, 2.75) is 72.1 Å². The van der Waals surface area contributed by atoms with E-state index in [1.807, 2.05) is 20.8 Å². The number of nitrogens with one attached hydrogen (secondary N) is 2. The molecule has 0 aromatic carbocycles. The van der Waals surface area contributed by atoms with Gasteiger partial charge in [0.1, 0.15) is 0 Å². The molecule has 0 saturated carbocycles. The molecule has 5 heteroatoms. The molecule has 126 valence electrons. The monoisotopic (exact) mass is 317 g/mol. The molecule has 0 spiro atoms. The SMILES string of the molecule is CN=C(NCCS(=O)C(C)(C)C)NC(C)CCC(C)(C)C. The van der Waals surface area contributed by atoms with E-state index in [4.69, 9.17) is 0 Å². The maximum absolute atomic E-state index is 12.0. The molecule has 2 atom stereocenters. The fourth-order valence-electron chi connectivity index (χ4n) is 1.72. The Kier molecular flexibility index (Phi) is 8.52. The van der Waals surface area contributed by atoms with Gasteiger partial charge < -0.3 is 10.6 Å². The molecule has 0 aliphatic heterocycles. The minimum atomic E-state index is -0.829. The third kappa shape index (κ3) is 10.7. The largest absolute Gasteiger partial charge is 0.355 e. The van der Waals surface area contributed by atoms with Gasteiger partial charge in [-0.2, -0.15) is 0 Å². The van der Waals surface area contributed by atoms with Crippen molar-refractivity contribution in [2.24, 2.45) is 10.4 Å². The van der Waals surface area contributed by atoms with Gasteiger partial charge in [-0.15, -0.1) is 0 Å². The lowest BCUT2D eigenvalue weighted by atomic mass is 9.89. The summed E-state index contributed by atoms with van der Waals surface area (Å²) in [7, 11) is 0.941. The summed E-state index contributed by atoms with van der Waals surface area (Å²) in [5.74, 6) is 1.43. The van der Waals surface area contributed by atoms with E-state index in [2.05, 4.69) is 43.3 Å². The fraction of sp³-hybridized carbons (Fsp3) is 0.938. The number of hydrogen-bond donors (Lipinski definition) is 2. The topological polar surface area (TPSA) is 53.5 Å². The Bertz CT molecular complexity index is 354. The molecule has 0 radical (unpaired) electrons. The van der Waals surface area contributed by atoms with Crippen LogP contribution >= 0.6 is 0 Å². The van der Waals surface area contributed by atoms with E-state index in [0.717, 1.165) is 12.4 Å². The quantitative estimate of drug-likeness (QED) is 0.585. The predicted molar refractivity (Wildman–Crippen MR) is 95.4 cm³/mol. The second-order valence-corrected chi connectivity index (χ2v) is 10.1. The molecule has 0 heterocycles. The van der Waals surface area contributed by atoms with Crippen LogP contribution in [0.15, 0.2) is 4.99 Å². The average molecular weight is 318 g/mol. The van der Waals surface area contributed by atoms with Crippen molar-refractivity contribution in [1.82, 2.24) is 10.6 Å². The van der Waals surface area contributed by atoms with Gasteiger partial charge in [0.15, 0.2) is 5.96 Å². The minimum Gasteiger partial charge on any atom is -0.355 e. The second kappa shape index (κ2) is 8.76. The van der Waals surface area contributed by atoms with Crippen molar-refractivity contribution in [3.8, 4) is 0 Å². The van der Waals surface area contributed by atoms with Crippen LogP contribution < -0.4 is 10.6 Å². The second-order valence-electron chi connectivity index (χ2n) is 7.81. The van der Waals surface area contributed by atoms with Gasteiger partial charge in [0.05, 0.1) is 0 Å². The van der Waals surface area contributed by atoms with Crippen LogP contribution in [0, 0.1) is 5.41 Å². The summed E-state index contributed by atoms with van der Waals surface area (Å²) in [4.78, 5) is 4.23. The zero-order valence-corrected chi connectivity index (χ0v) is 16.0. The summed E-state index contributed by atoms with van der Waals surface area (Å²) in [6.07, 6.45) is 2.28. The van der Waals surface area contributed by atoms with Crippen LogP contribution in [-0.2, 0) is 10.8 Å². The summed E-state index contributed by atoms with van der Waals surface area (Å²) in [6.45, 7) is 15.6. The van der Waals surface area contributed by atoms with Gasteiger partial charge >= 0.3 is 0 Å². The Morgan fingerprint density at radius 3 is 2.19 bits per heavy atom. The van der Waals surface area contributed by atoms with E-state index in [1.54, 1.807) is 7.05 Å². The smallest absolute Gasteiger partial charge is 0.191 e. The van der Waals surface area contributed by atoms with E-state index in [0.29, 0.717) is 23.8 Å². The zero-order chi connectivity index (χ0) is 16.7. The van der Waals surface area contributed by atoms with E-state index in [9.17, 15) is 4.21 Å². The van der Waals surface area contributed by atoms with E-state index in [-0.39, 0.29) is 4.75 Å². The van der Waals surface area contributed by atoms with Crippen molar-refractivity contribution >= 4 is 16.8 Å². The Morgan fingerprint density at radius 2 is 1.76 bits per heavy atom. The van der Waals surface area contributed by atoms with Crippen LogP contribution in [0.4, 0.5) is 0 Å². The third-order valence-electron chi connectivity index (χ3n) is 3.20. The molecule has 4 nitrogen and oxygen atoms in total. The molecule has 0 aliphatic carbocycles. The molecule has 2 N–H and O–H groups in total. The van der Waals surface area contributed by atoms with Crippen LogP contribution in [0.25, 0.3) is 0 Å². The first kappa shape index (κ1) is 20.4. The number of hydrogen-bond acceptors (Lipinski definition) is 2. The number of nitrogens with zero attached hydrogens (tertiary/aromatic N) is 1. The van der Waals surface area contributed by atoms with Crippen molar-refractivity contribution < 1.29 is 4.21 Å². The number of rotatable bonds is 6. The highest BCUT2D eigenvalue weighted by atomic mass is 32.2.